The van der Waals surface area contributed by atoms with Gasteiger partial charge in [-0.15, -0.1) is 0 Å². The molecule has 0 atom stereocenters. The highest BCUT2D eigenvalue weighted by atomic mass is 16.1. The molecule has 3 aromatic heterocycles. The number of carbonyl (C=O) groups excluding carboxylic acids is 1. The zero-order valence-corrected chi connectivity index (χ0v) is 13.5. The summed E-state index contributed by atoms with van der Waals surface area (Å²) >= 11 is 0. The lowest BCUT2D eigenvalue weighted by atomic mass is 10.2. The normalized spacial score (nSPS) is 10.8. The molecule has 0 bridgehead atoms. The number of H-pyrrole nitrogens is 2. The number of aromatic amines is 2. The number of aromatic nitrogens is 4. The van der Waals surface area contributed by atoms with Gasteiger partial charge in [0.25, 0.3) is 0 Å². The van der Waals surface area contributed by atoms with Crippen LogP contribution in [0.3, 0.4) is 0 Å². The number of anilines is 3. The fraction of sp³-hybridized carbons (Fsp3) is 0.0556. The number of nitrogens with one attached hydrogen (secondary N) is 4. The Morgan fingerprint density at radius 1 is 1.12 bits per heavy atom. The summed E-state index contributed by atoms with van der Waals surface area (Å²) in [5.41, 5.74) is 4.54. The van der Waals surface area contributed by atoms with Crippen molar-refractivity contribution < 1.29 is 4.79 Å². The van der Waals surface area contributed by atoms with E-state index in [1.54, 1.807) is 6.20 Å². The summed E-state index contributed by atoms with van der Waals surface area (Å²) in [6, 6.07) is 11.5. The lowest BCUT2D eigenvalue weighted by Gasteiger charge is -2.08. The van der Waals surface area contributed by atoms with Crippen LogP contribution in [0.4, 0.5) is 17.2 Å². The van der Waals surface area contributed by atoms with Crippen molar-refractivity contribution in [1.82, 2.24) is 20.2 Å². The van der Waals surface area contributed by atoms with Gasteiger partial charge in [0.05, 0.1) is 11.7 Å². The largest absolute Gasteiger partial charge is 0.354 e. The second-order valence-electron chi connectivity index (χ2n) is 5.71. The van der Waals surface area contributed by atoms with E-state index in [1.165, 1.54) is 6.92 Å². The molecule has 4 rings (SSSR count). The van der Waals surface area contributed by atoms with Gasteiger partial charge in [-0.3, -0.25) is 9.89 Å². The molecule has 0 aliphatic rings. The molecule has 0 fully saturated rings. The Kier molecular flexibility index (Phi) is 3.66. The molecule has 0 spiro atoms. The molecule has 0 saturated carbocycles. The van der Waals surface area contributed by atoms with Gasteiger partial charge in [-0.05, 0) is 24.3 Å². The van der Waals surface area contributed by atoms with Crippen LogP contribution in [0.2, 0.25) is 0 Å². The highest BCUT2D eigenvalue weighted by molar-refractivity contribution is 5.90. The Balaban J connectivity index is 1.60. The van der Waals surface area contributed by atoms with E-state index in [9.17, 15) is 4.79 Å². The molecule has 0 aliphatic heterocycles. The molecule has 1 aromatic carbocycles. The molecule has 7 nitrogen and oxygen atoms in total. The molecule has 0 aliphatic carbocycles. The van der Waals surface area contributed by atoms with Crippen LogP contribution in [-0.2, 0) is 4.79 Å². The Hall–Kier alpha value is -3.61. The summed E-state index contributed by atoms with van der Waals surface area (Å²) in [5.74, 6) is 0.614. The first kappa shape index (κ1) is 14.9. The monoisotopic (exact) mass is 332 g/mol. The van der Waals surface area contributed by atoms with Crippen LogP contribution in [-0.4, -0.2) is 26.1 Å². The Labute approximate surface area is 143 Å². The van der Waals surface area contributed by atoms with Crippen LogP contribution in [0.25, 0.3) is 22.2 Å². The highest BCUT2D eigenvalue weighted by Gasteiger charge is 2.06. The Bertz CT molecular complexity index is 1030. The van der Waals surface area contributed by atoms with Crippen LogP contribution in [0.15, 0.2) is 55.0 Å². The van der Waals surface area contributed by atoms with Gasteiger partial charge >= 0.3 is 0 Å². The van der Waals surface area contributed by atoms with E-state index in [4.69, 9.17) is 0 Å². The Morgan fingerprint density at radius 2 is 2.00 bits per heavy atom. The molecule has 4 N–H and O–H groups in total. The van der Waals surface area contributed by atoms with Gasteiger partial charge in [0, 0.05) is 53.4 Å². The zero-order valence-electron chi connectivity index (χ0n) is 13.5. The maximum atomic E-state index is 11.2. The molecule has 0 radical (unpaired) electrons. The van der Waals surface area contributed by atoms with Gasteiger partial charge < -0.3 is 15.6 Å². The number of nitrogens with zero attached hydrogens (tertiary/aromatic N) is 2. The summed E-state index contributed by atoms with van der Waals surface area (Å²) in [5, 5.41) is 13.8. The smallest absolute Gasteiger partial charge is 0.221 e. The van der Waals surface area contributed by atoms with Crippen LogP contribution < -0.4 is 10.6 Å². The second-order valence-corrected chi connectivity index (χ2v) is 5.71. The molecular weight excluding hydrogens is 316 g/mol. The third-order valence-corrected chi connectivity index (χ3v) is 3.77. The van der Waals surface area contributed by atoms with Gasteiger partial charge in [0.15, 0.2) is 0 Å². The molecule has 7 heteroatoms. The van der Waals surface area contributed by atoms with E-state index in [0.29, 0.717) is 5.82 Å². The number of hydrogen-bond acceptors (Lipinski definition) is 4. The van der Waals surface area contributed by atoms with E-state index >= 15 is 0 Å². The van der Waals surface area contributed by atoms with Crippen molar-refractivity contribution in [3.63, 3.8) is 0 Å². The van der Waals surface area contributed by atoms with Crippen molar-refractivity contribution in [2.75, 3.05) is 10.6 Å². The lowest BCUT2D eigenvalue weighted by Crippen LogP contribution is -2.05. The number of rotatable bonds is 4. The van der Waals surface area contributed by atoms with Crippen LogP contribution >= 0.6 is 0 Å². The third-order valence-electron chi connectivity index (χ3n) is 3.77. The predicted octanol–water partition coefficient (Wildman–Crippen LogP) is 3.66. The molecular formula is C18H16N6O. The maximum absolute atomic E-state index is 11.2. The van der Waals surface area contributed by atoms with Crippen LogP contribution in [0, 0.1) is 0 Å². The van der Waals surface area contributed by atoms with Gasteiger partial charge in [0.2, 0.25) is 5.91 Å². The molecule has 3 heterocycles. The standard InChI is InChI=1S/C18H16N6O/c1-11(25)22-14-3-2-4-15(6-14)23-18-7-17-12(8-19-18)5-16(24-17)13-9-20-21-10-13/h2-10,24H,1H3,(H,19,23)(H,20,21)(H,22,25). The minimum Gasteiger partial charge on any atom is -0.354 e. The summed E-state index contributed by atoms with van der Waals surface area (Å²) in [7, 11) is 0. The molecule has 1 amide bonds. The molecule has 0 saturated heterocycles. The average Bonchev–Trinajstić information content (AvgIpc) is 3.23. The number of carbonyl (C=O) groups is 1. The first-order valence-corrected chi connectivity index (χ1v) is 7.80. The molecule has 4 aromatic rings. The highest BCUT2D eigenvalue weighted by Crippen LogP contribution is 2.26. The SMILES string of the molecule is CC(=O)Nc1cccc(Nc2cc3[nH]c(-c4cn[nH]c4)cc3cn2)c1. The number of pyridine rings is 1. The number of fused-ring (bicyclic) bond motifs is 1. The van der Waals surface area contributed by atoms with Crippen molar-refractivity contribution in [3.05, 3.63) is 55.0 Å². The predicted molar refractivity (Wildman–Crippen MR) is 97.7 cm³/mol. The van der Waals surface area contributed by atoms with Crippen molar-refractivity contribution in [3.8, 4) is 11.3 Å². The minimum atomic E-state index is -0.102. The maximum Gasteiger partial charge on any atom is 0.221 e. The average molecular weight is 332 g/mol. The van der Waals surface area contributed by atoms with Gasteiger partial charge in [-0.2, -0.15) is 5.10 Å². The molecule has 124 valence electrons. The van der Waals surface area contributed by atoms with Gasteiger partial charge in [0.1, 0.15) is 5.82 Å². The zero-order chi connectivity index (χ0) is 17.2. The van der Waals surface area contributed by atoms with E-state index in [0.717, 1.165) is 33.5 Å². The molecule has 0 unspecified atom stereocenters. The van der Waals surface area contributed by atoms with E-state index < -0.39 is 0 Å². The fourth-order valence-corrected chi connectivity index (χ4v) is 2.67. The number of hydrogen-bond donors (Lipinski definition) is 4. The number of amides is 1. The third kappa shape index (κ3) is 3.20. The summed E-state index contributed by atoms with van der Waals surface area (Å²) in [6.07, 6.45) is 5.42. The second kappa shape index (κ2) is 6.12. The van der Waals surface area contributed by atoms with E-state index in [1.807, 2.05) is 48.8 Å². The summed E-state index contributed by atoms with van der Waals surface area (Å²) in [6.45, 7) is 1.48. The van der Waals surface area contributed by atoms with Crippen molar-refractivity contribution in [2.45, 2.75) is 6.92 Å². The van der Waals surface area contributed by atoms with E-state index in [-0.39, 0.29) is 5.91 Å². The first-order valence-electron chi connectivity index (χ1n) is 7.80. The van der Waals surface area contributed by atoms with Gasteiger partial charge in [-0.25, -0.2) is 4.98 Å². The Morgan fingerprint density at radius 3 is 2.80 bits per heavy atom. The summed E-state index contributed by atoms with van der Waals surface area (Å²) < 4.78 is 0. The van der Waals surface area contributed by atoms with Gasteiger partial charge in [-0.1, -0.05) is 6.07 Å². The lowest BCUT2D eigenvalue weighted by molar-refractivity contribution is -0.114. The van der Waals surface area contributed by atoms with Crippen LogP contribution in [0.5, 0.6) is 0 Å². The number of benzene rings is 1. The van der Waals surface area contributed by atoms with Crippen LogP contribution in [0.1, 0.15) is 6.92 Å². The van der Waals surface area contributed by atoms with Crippen molar-refractivity contribution >= 4 is 34.0 Å². The quantitative estimate of drug-likeness (QED) is 0.458. The topological polar surface area (TPSA) is 98.5 Å². The van der Waals surface area contributed by atoms with Crippen molar-refractivity contribution in [2.24, 2.45) is 0 Å². The summed E-state index contributed by atoms with van der Waals surface area (Å²) in [4.78, 5) is 19.0. The fourth-order valence-electron chi connectivity index (χ4n) is 2.67. The minimum absolute atomic E-state index is 0.102. The first-order chi connectivity index (χ1) is 12.2. The molecule has 25 heavy (non-hydrogen) atoms. The van der Waals surface area contributed by atoms with Crippen molar-refractivity contribution in [1.29, 1.82) is 0 Å². The van der Waals surface area contributed by atoms with E-state index in [2.05, 4.69) is 30.8 Å².